The molecule has 0 N–H and O–H groups in total. The molecule has 3 rings (SSSR count). The van der Waals surface area contributed by atoms with Crippen molar-refractivity contribution < 1.29 is 18.0 Å². The van der Waals surface area contributed by atoms with Crippen LogP contribution in [0.2, 0.25) is 0 Å². The molecule has 3 aromatic rings. The summed E-state index contributed by atoms with van der Waals surface area (Å²) >= 11 is 0. The second kappa shape index (κ2) is 5.29. The van der Waals surface area contributed by atoms with Gasteiger partial charge in [-0.2, -0.15) is 13.2 Å². The molecule has 0 saturated carbocycles. The predicted octanol–water partition coefficient (Wildman–Crippen LogP) is 3.83. The normalized spacial score (nSPS) is 11.8. The minimum atomic E-state index is -4.90. The van der Waals surface area contributed by atoms with E-state index in [0.717, 1.165) is 5.56 Å². The van der Waals surface area contributed by atoms with Crippen LogP contribution in [0, 0.1) is 0 Å². The van der Waals surface area contributed by atoms with Gasteiger partial charge in [-0.3, -0.25) is 4.79 Å². The summed E-state index contributed by atoms with van der Waals surface area (Å²) in [6.45, 7) is 0.347. The van der Waals surface area contributed by atoms with E-state index in [2.05, 4.69) is 4.98 Å². The molecule has 2 heterocycles. The molecular weight excluding hydrogens is 293 g/mol. The lowest BCUT2D eigenvalue weighted by Gasteiger charge is -2.04. The summed E-state index contributed by atoms with van der Waals surface area (Å²) in [5.41, 5.74) is 0.904. The maximum absolute atomic E-state index is 12.7. The van der Waals surface area contributed by atoms with Crippen molar-refractivity contribution in [3.8, 4) is 0 Å². The van der Waals surface area contributed by atoms with Gasteiger partial charge in [0.2, 0.25) is 0 Å². The van der Waals surface area contributed by atoms with E-state index in [1.807, 2.05) is 30.3 Å². The fourth-order valence-electron chi connectivity index (χ4n) is 2.36. The van der Waals surface area contributed by atoms with Gasteiger partial charge in [0, 0.05) is 24.3 Å². The van der Waals surface area contributed by atoms with Crippen molar-refractivity contribution in [2.24, 2.45) is 0 Å². The zero-order valence-corrected chi connectivity index (χ0v) is 11.3. The SMILES string of the molecule is O=C(c1cn(Cc2ccccc2)c2ncccc12)C(F)(F)F. The molecule has 0 aliphatic heterocycles. The van der Waals surface area contributed by atoms with Crippen molar-refractivity contribution in [1.82, 2.24) is 9.55 Å². The van der Waals surface area contributed by atoms with Crippen LogP contribution in [0.5, 0.6) is 0 Å². The van der Waals surface area contributed by atoms with Crippen LogP contribution in [-0.2, 0) is 6.54 Å². The predicted molar refractivity (Wildman–Crippen MR) is 75.7 cm³/mol. The third-order valence-corrected chi connectivity index (χ3v) is 3.33. The van der Waals surface area contributed by atoms with Crippen molar-refractivity contribution in [3.05, 3.63) is 66.0 Å². The third-order valence-electron chi connectivity index (χ3n) is 3.33. The molecule has 22 heavy (non-hydrogen) atoms. The Bertz CT molecular complexity index is 822. The molecule has 0 spiro atoms. The lowest BCUT2D eigenvalue weighted by molar-refractivity contribution is -0.0884. The van der Waals surface area contributed by atoms with Crippen LogP contribution >= 0.6 is 0 Å². The summed E-state index contributed by atoms with van der Waals surface area (Å²) in [6.07, 6.45) is -2.19. The first kappa shape index (κ1) is 14.3. The van der Waals surface area contributed by atoms with Crippen LogP contribution in [-0.4, -0.2) is 21.5 Å². The topological polar surface area (TPSA) is 34.9 Å². The Morgan fingerprint density at radius 1 is 1.09 bits per heavy atom. The summed E-state index contributed by atoms with van der Waals surface area (Å²) in [4.78, 5) is 15.7. The standard InChI is InChI=1S/C16H11F3N2O/c17-16(18,19)14(22)13-10-21(9-11-5-2-1-3-6-11)15-12(13)7-4-8-20-15/h1-8,10H,9H2. The first-order chi connectivity index (χ1) is 10.5. The fourth-order valence-corrected chi connectivity index (χ4v) is 2.36. The van der Waals surface area contributed by atoms with Crippen molar-refractivity contribution >= 4 is 16.8 Å². The zero-order valence-electron chi connectivity index (χ0n) is 11.3. The van der Waals surface area contributed by atoms with Crippen LogP contribution in [0.15, 0.2) is 54.9 Å². The highest BCUT2D eigenvalue weighted by atomic mass is 19.4. The van der Waals surface area contributed by atoms with E-state index in [4.69, 9.17) is 0 Å². The van der Waals surface area contributed by atoms with E-state index in [1.165, 1.54) is 24.5 Å². The Morgan fingerprint density at radius 3 is 2.50 bits per heavy atom. The number of hydrogen-bond acceptors (Lipinski definition) is 2. The van der Waals surface area contributed by atoms with Gasteiger partial charge in [-0.05, 0) is 17.7 Å². The van der Waals surface area contributed by atoms with Crippen molar-refractivity contribution in [1.29, 1.82) is 0 Å². The molecule has 0 bridgehead atoms. The number of benzene rings is 1. The Morgan fingerprint density at radius 2 is 1.82 bits per heavy atom. The Hall–Kier alpha value is -2.63. The highest BCUT2D eigenvalue weighted by molar-refractivity contribution is 6.10. The summed E-state index contributed by atoms with van der Waals surface area (Å²) in [6, 6.07) is 12.3. The largest absolute Gasteiger partial charge is 0.454 e. The molecule has 112 valence electrons. The molecule has 0 radical (unpaired) electrons. The van der Waals surface area contributed by atoms with Gasteiger partial charge in [-0.15, -0.1) is 0 Å². The number of ketones is 1. The molecule has 0 aliphatic rings. The number of nitrogens with zero attached hydrogens (tertiary/aromatic N) is 2. The highest BCUT2D eigenvalue weighted by Crippen LogP contribution is 2.28. The molecule has 1 aromatic carbocycles. The highest BCUT2D eigenvalue weighted by Gasteiger charge is 2.40. The summed E-state index contributed by atoms with van der Waals surface area (Å²) in [5, 5.41) is 0.209. The third kappa shape index (κ3) is 2.59. The fraction of sp³-hybridized carbons (Fsp3) is 0.125. The Balaban J connectivity index is 2.10. The molecule has 0 fully saturated rings. The van der Waals surface area contributed by atoms with E-state index in [9.17, 15) is 18.0 Å². The number of fused-ring (bicyclic) bond motifs is 1. The molecule has 2 aromatic heterocycles. The van der Waals surface area contributed by atoms with Crippen molar-refractivity contribution in [2.45, 2.75) is 12.7 Å². The maximum Gasteiger partial charge on any atom is 0.454 e. The molecule has 0 atom stereocenters. The molecule has 0 amide bonds. The molecule has 0 aliphatic carbocycles. The second-order valence-electron chi connectivity index (χ2n) is 4.86. The van der Waals surface area contributed by atoms with Crippen LogP contribution in [0.25, 0.3) is 11.0 Å². The summed E-state index contributed by atoms with van der Waals surface area (Å²) < 4.78 is 39.7. The number of pyridine rings is 1. The van der Waals surface area contributed by atoms with E-state index >= 15 is 0 Å². The van der Waals surface area contributed by atoms with Crippen molar-refractivity contribution in [3.63, 3.8) is 0 Å². The van der Waals surface area contributed by atoms with Gasteiger partial charge in [0.25, 0.3) is 5.78 Å². The average molecular weight is 304 g/mol. The maximum atomic E-state index is 12.7. The van der Waals surface area contributed by atoms with Gasteiger partial charge >= 0.3 is 6.18 Å². The van der Waals surface area contributed by atoms with Crippen LogP contribution in [0.4, 0.5) is 13.2 Å². The Labute approximate surface area is 124 Å². The summed E-state index contributed by atoms with van der Waals surface area (Å²) in [7, 11) is 0. The minimum absolute atomic E-state index is 0.209. The van der Waals surface area contributed by atoms with Crippen molar-refractivity contribution in [2.75, 3.05) is 0 Å². The van der Waals surface area contributed by atoms with Gasteiger partial charge in [0.1, 0.15) is 5.65 Å². The molecular formula is C16H11F3N2O. The minimum Gasteiger partial charge on any atom is -0.327 e. The van der Waals surface area contributed by atoms with Crippen LogP contribution < -0.4 is 0 Å². The lowest BCUT2D eigenvalue weighted by Crippen LogP contribution is -2.22. The number of halogens is 3. The van der Waals surface area contributed by atoms with Gasteiger partial charge < -0.3 is 4.57 Å². The number of alkyl halides is 3. The first-order valence-corrected chi connectivity index (χ1v) is 6.56. The number of carbonyl (C=O) groups excluding carboxylic acids is 1. The smallest absolute Gasteiger partial charge is 0.327 e. The van der Waals surface area contributed by atoms with Crippen LogP contribution in [0.3, 0.4) is 0 Å². The van der Waals surface area contributed by atoms with E-state index < -0.39 is 12.0 Å². The molecule has 0 saturated heterocycles. The van der Waals surface area contributed by atoms with Gasteiger partial charge in [0.15, 0.2) is 0 Å². The number of rotatable bonds is 3. The van der Waals surface area contributed by atoms with E-state index in [0.29, 0.717) is 12.2 Å². The number of aromatic nitrogens is 2. The van der Waals surface area contributed by atoms with Crippen LogP contribution in [0.1, 0.15) is 15.9 Å². The van der Waals surface area contributed by atoms with Gasteiger partial charge in [-0.25, -0.2) is 4.98 Å². The quantitative estimate of drug-likeness (QED) is 0.689. The lowest BCUT2D eigenvalue weighted by atomic mass is 10.1. The number of Topliss-reactive ketones (excluding diaryl/α,β-unsaturated/α-hetero) is 1. The molecule has 0 unspecified atom stereocenters. The molecule has 6 heteroatoms. The van der Waals surface area contributed by atoms with Gasteiger partial charge in [0.05, 0.1) is 5.56 Å². The Kier molecular flexibility index (Phi) is 3.44. The number of carbonyl (C=O) groups is 1. The zero-order chi connectivity index (χ0) is 15.7. The van der Waals surface area contributed by atoms with E-state index in [1.54, 1.807) is 4.57 Å². The monoisotopic (exact) mass is 304 g/mol. The summed E-state index contributed by atoms with van der Waals surface area (Å²) in [5.74, 6) is -1.85. The molecule has 3 nitrogen and oxygen atoms in total. The number of hydrogen-bond donors (Lipinski definition) is 0. The average Bonchev–Trinajstić information content (AvgIpc) is 2.85. The first-order valence-electron chi connectivity index (χ1n) is 6.56. The van der Waals surface area contributed by atoms with Gasteiger partial charge in [-0.1, -0.05) is 30.3 Å². The van der Waals surface area contributed by atoms with E-state index in [-0.39, 0.29) is 10.9 Å². The second-order valence-corrected chi connectivity index (χ2v) is 4.86.